The largest absolute Gasteiger partial charge is 0.494 e. The molecule has 0 amide bonds. The van der Waals surface area contributed by atoms with Crippen LogP contribution in [-0.2, 0) is 0 Å². The summed E-state index contributed by atoms with van der Waals surface area (Å²) in [6, 6.07) is 7.57. The molecular weight excluding hydrogens is 214 g/mol. The lowest BCUT2D eigenvalue weighted by Crippen LogP contribution is -2.33. The smallest absolute Gasteiger partial charge is 0.119 e. The third-order valence-corrected chi connectivity index (χ3v) is 3.44. The van der Waals surface area contributed by atoms with Crippen LogP contribution in [0.1, 0.15) is 38.9 Å². The Kier molecular flexibility index (Phi) is 4.97. The Morgan fingerprint density at radius 2 is 1.88 bits per heavy atom. The fraction of sp³-hybridized carbons (Fsp3) is 0.571. The van der Waals surface area contributed by atoms with Gasteiger partial charge in [-0.1, -0.05) is 26.0 Å². The van der Waals surface area contributed by atoms with Crippen molar-refractivity contribution in [3.63, 3.8) is 0 Å². The minimum absolute atomic E-state index is 0.271. The summed E-state index contributed by atoms with van der Waals surface area (Å²) in [7, 11) is 0. The van der Waals surface area contributed by atoms with Gasteiger partial charge in [-0.2, -0.15) is 0 Å². The second kappa shape index (κ2) is 6.03. The van der Waals surface area contributed by atoms with Gasteiger partial charge >= 0.3 is 0 Å². The van der Waals surface area contributed by atoms with Crippen LogP contribution in [0.25, 0.3) is 0 Å². The molecule has 96 valence electrons. The van der Waals surface area contributed by atoms with Gasteiger partial charge in [-0.15, -0.1) is 0 Å². The van der Waals surface area contributed by atoms with Gasteiger partial charge in [0.15, 0.2) is 0 Å². The van der Waals surface area contributed by atoms with Gasteiger partial charge in [0.2, 0.25) is 0 Å². The third-order valence-electron chi connectivity index (χ3n) is 3.44. The van der Waals surface area contributed by atoms with E-state index in [4.69, 9.17) is 10.5 Å². The molecule has 0 fully saturated rings. The maximum absolute atomic E-state index is 10.3. The van der Waals surface area contributed by atoms with Crippen LogP contribution in [0.5, 0.6) is 5.75 Å². The second-order valence-electron chi connectivity index (χ2n) is 4.62. The van der Waals surface area contributed by atoms with E-state index in [1.165, 1.54) is 0 Å². The zero-order chi connectivity index (χ0) is 12.9. The molecule has 0 aliphatic carbocycles. The van der Waals surface area contributed by atoms with E-state index in [1.54, 1.807) is 0 Å². The molecule has 1 aromatic rings. The van der Waals surface area contributed by atoms with E-state index in [0.29, 0.717) is 13.2 Å². The van der Waals surface area contributed by atoms with Crippen LogP contribution in [0.3, 0.4) is 0 Å². The monoisotopic (exact) mass is 237 g/mol. The molecule has 0 heterocycles. The highest BCUT2D eigenvalue weighted by molar-refractivity contribution is 5.29. The fourth-order valence-corrected chi connectivity index (χ4v) is 1.76. The molecule has 0 aromatic heterocycles. The number of hydrogen-bond donors (Lipinski definition) is 2. The Balaban J connectivity index is 2.85. The lowest BCUT2D eigenvalue weighted by Gasteiger charge is -2.32. The highest BCUT2D eigenvalue weighted by atomic mass is 16.5. The van der Waals surface area contributed by atoms with Crippen LogP contribution < -0.4 is 10.5 Å². The normalized spacial score (nSPS) is 16.3. The lowest BCUT2D eigenvalue weighted by molar-refractivity contribution is 0.0391. The van der Waals surface area contributed by atoms with Gasteiger partial charge in [-0.25, -0.2) is 0 Å². The summed E-state index contributed by atoms with van der Waals surface area (Å²) in [6.45, 7) is 7.12. The van der Waals surface area contributed by atoms with E-state index in [1.807, 2.05) is 45.0 Å². The molecule has 0 bridgehead atoms. The zero-order valence-corrected chi connectivity index (χ0v) is 10.9. The molecular formula is C14H23NO2. The van der Waals surface area contributed by atoms with E-state index in [-0.39, 0.29) is 5.41 Å². The van der Waals surface area contributed by atoms with E-state index in [9.17, 15) is 5.11 Å². The van der Waals surface area contributed by atoms with Crippen LogP contribution in [0.4, 0.5) is 0 Å². The first-order valence-electron chi connectivity index (χ1n) is 6.18. The molecule has 17 heavy (non-hydrogen) atoms. The maximum atomic E-state index is 10.3. The molecule has 2 atom stereocenters. The van der Waals surface area contributed by atoms with Crippen molar-refractivity contribution in [2.45, 2.75) is 33.3 Å². The molecule has 2 unspecified atom stereocenters. The second-order valence-corrected chi connectivity index (χ2v) is 4.62. The molecule has 3 nitrogen and oxygen atoms in total. The van der Waals surface area contributed by atoms with E-state index in [0.717, 1.165) is 17.7 Å². The Morgan fingerprint density at radius 1 is 1.29 bits per heavy atom. The average molecular weight is 237 g/mol. The lowest BCUT2D eigenvalue weighted by atomic mass is 9.78. The minimum atomic E-state index is -0.534. The summed E-state index contributed by atoms with van der Waals surface area (Å²) in [5.74, 6) is 0.828. The molecule has 0 saturated carbocycles. The van der Waals surface area contributed by atoms with Crippen LogP contribution in [0.2, 0.25) is 0 Å². The van der Waals surface area contributed by atoms with Crippen molar-refractivity contribution in [1.29, 1.82) is 0 Å². The van der Waals surface area contributed by atoms with Crippen molar-refractivity contribution in [2.24, 2.45) is 11.1 Å². The predicted molar refractivity (Wildman–Crippen MR) is 70.0 cm³/mol. The highest BCUT2D eigenvalue weighted by Gasteiger charge is 2.30. The van der Waals surface area contributed by atoms with Crippen LogP contribution in [-0.4, -0.2) is 18.3 Å². The molecule has 3 N–H and O–H groups in total. The number of rotatable bonds is 6. The van der Waals surface area contributed by atoms with Gasteiger partial charge in [0.05, 0.1) is 12.7 Å². The van der Waals surface area contributed by atoms with Crippen molar-refractivity contribution >= 4 is 0 Å². The maximum Gasteiger partial charge on any atom is 0.119 e. The number of hydrogen-bond acceptors (Lipinski definition) is 3. The molecule has 0 saturated heterocycles. The van der Waals surface area contributed by atoms with Crippen LogP contribution in [0.15, 0.2) is 24.3 Å². The van der Waals surface area contributed by atoms with Crippen molar-refractivity contribution in [2.75, 3.05) is 13.2 Å². The van der Waals surface area contributed by atoms with Crippen LogP contribution >= 0.6 is 0 Å². The average Bonchev–Trinajstić information content (AvgIpc) is 2.38. The van der Waals surface area contributed by atoms with Gasteiger partial charge in [-0.05, 0) is 31.0 Å². The number of nitrogens with two attached hydrogens (primary N) is 1. The minimum Gasteiger partial charge on any atom is -0.494 e. The molecule has 1 aromatic carbocycles. The molecule has 3 heteroatoms. The number of aliphatic hydroxyl groups excluding tert-OH is 1. The van der Waals surface area contributed by atoms with Gasteiger partial charge in [0, 0.05) is 12.0 Å². The SMILES string of the molecule is CCOc1ccc(C(O)C(C)(CC)CN)cc1. The summed E-state index contributed by atoms with van der Waals surface area (Å²) >= 11 is 0. The van der Waals surface area contributed by atoms with Gasteiger partial charge < -0.3 is 15.6 Å². The molecule has 0 aliphatic heterocycles. The Morgan fingerprint density at radius 3 is 2.29 bits per heavy atom. The third kappa shape index (κ3) is 3.20. The summed E-state index contributed by atoms with van der Waals surface area (Å²) in [6.07, 6.45) is 0.311. The Hall–Kier alpha value is -1.06. The number of benzene rings is 1. The van der Waals surface area contributed by atoms with E-state index >= 15 is 0 Å². The van der Waals surface area contributed by atoms with Crippen molar-refractivity contribution in [3.05, 3.63) is 29.8 Å². The van der Waals surface area contributed by atoms with Crippen LogP contribution in [0, 0.1) is 5.41 Å². The summed E-state index contributed by atoms with van der Waals surface area (Å²) in [5, 5.41) is 10.3. The first-order valence-corrected chi connectivity index (χ1v) is 6.18. The molecule has 0 spiro atoms. The highest BCUT2D eigenvalue weighted by Crippen LogP contribution is 2.36. The first-order chi connectivity index (χ1) is 8.07. The quantitative estimate of drug-likeness (QED) is 0.799. The van der Waals surface area contributed by atoms with Gasteiger partial charge in [-0.3, -0.25) is 0 Å². The first kappa shape index (κ1) is 14.0. The van der Waals surface area contributed by atoms with Crippen molar-refractivity contribution in [3.8, 4) is 5.75 Å². The molecule has 0 radical (unpaired) electrons. The Labute approximate surface area is 104 Å². The predicted octanol–water partition coefficient (Wildman–Crippen LogP) is 2.49. The number of ether oxygens (including phenoxy) is 1. The van der Waals surface area contributed by atoms with E-state index in [2.05, 4.69) is 0 Å². The summed E-state index contributed by atoms with van der Waals surface area (Å²) in [5.41, 5.74) is 6.37. The Bertz CT molecular complexity index is 331. The topological polar surface area (TPSA) is 55.5 Å². The standard InChI is InChI=1S/C14H23NO2/c1-4-14(3,10-15)13(16)11-6-8-12(9-7-11)17-5-2/h6-9,13,16H,4-5,10,15H2,1-3H3. The zero-order valence-electron chi connectivity index (χ0n) is 10.9. The summed E-state index contributed by atoms with van der Waals surface area (Å²) in [4.78, 5) is 0. The van der Waals surface area contributed by atoms with Gasteiger partial charge in [0.1, 0.15) is 5.75 Å². The summed E-state index contributed by atoms with van der Waals surface area (Å²) < 4.78 is 5.37. The van der Waals surface area contributed by atoms with Crippen molar-refractivity contribution < 1.29 is 9.84 Å². The van der Waals surface area contributed by atoms with E-state index < -0.39 is 6.10 Å². The molecule has 1 rings (SSSR count). The van der Waals surface area contributed by atoms with Gasteiger partial charge in [0.25, 0.3) is 0 Å². The molecule has 0 aliphatic rings. The fourth-order valence-electron chi connectivity index (χ4n) is 1.76. The van der Waals surface area contributed by atoms with Crippen molar-refractivity contribution in [1.82, 2.24) is 0 Å². The number of aliphatic hydroxyl groups is 1.